The number of rotatable bonds is 6. The smallest absolute Gasteiger partial charge is 0.271 e. The van der Waals surface area contributed by atoms with Gasteiger partial charge in [-0.2, -0.15) is 0 Å². The summed E-state index contributed by atoms with van der Waals surface area (Å²) in [6, 6.07) is 20.0. The summed E-state index contributed by atoms with van der Waals surface area (Å²) in [5.41, 5.74) is 3.66. The van der Waals surface area contributed by atoms with E-state index in [-0.39, 0.29) is 22.7 Å². The van der Waals surface area contributed by atoms with Crippen LogP contribution >= 0.6 is 12.2 Å². The average Bonchev–Trinajstić information content (AvgIpc) is 3.45. The molecule has 0 aliphatic carbocycles. The molecule has 1 fully saturated rings. The lowest BCUT2D eigenvalue weighted by Gasteiger charge is -2.29. The van der Waals surface area contributed by atoms with Gasteiger partial charge in [-0.3, -0.25) is 20.1 Å². The second kappa shape index (κ2) is 8.79. The average molecular weight is 457 g/mol. The number of nitro benzene ring substituents is 1. The first-order valence-corrected chi connectivity index (χ1v) is 10.8. The van der Waals surface area contributed by atoms with Crippen LogP contribution in [0.3, 0.4) is 0 Å². The number of hydrogen-bond acceptors (Lipinski definition) is 5. The SMILES string of the molecule is O=[N+]([O-])c1cccc(-n2cccc2[C@@H]2[C@H](c3ccccn3)NC(=S)N2Cc2ccncc2)c1. The molecule has 9 heteroatoms. The second-order valence-corrected chi connectivity index (χ2v) is 8.08. The molecule has 0 radical (unpaired) electrons. The van der Waals surface area contributed by atoms with Crippen LogP contribution in [0.25, 0.3) is 5.69 Å². The summed E-state index contributed by atoms with van der Waals surface area (Å²) in [6.07, 6.45) is 7.20. The number of thiocarbonyl (C=S) groups is 1. The van der Waals surface area contributed by atoms with Crippen molar-refractivity contribution in [1.82, 2.24) is 24.8 Å². The number of nitrogens with zero attached hydrogens (tertiary/aromatic N) is 5. The van der Waals surface area contributed by atoms with Crippen molar-refractivity contribution < 1.29 is 4.92 Å². The summed E-state index contributed by atoms with van der Waals surface area (Å²) < 4.78 is 1.97. The summed E-state index contributed by atoms with van der Waals surface area (Å²) in [4.78, 5) is 21.8. The van der Waals surface area contributed by atoms with Crippen LogP contribution in [0.4, 0.5) is 5.69 Å². The molecule has 2 atom stereocenters. The Morgan fingerprint density at radius 3 is 2.64 bits per heavy atom. The normalized spacial score (nSPS) is 17.7. The molecule has 1 aliphatic rings. The molecular weight excluding hydrogens is 436 g/mol. The molecular formula is C24H20N6O2S. The Morgan fingerprint density at radius 2 is 1.88 bits per heavy atom. The highest BCUT2D eigenvalue weighted by Crippen LogP contribution is 2.40. The first-order valence-electron chi connectivity index (χ1n) is 10.4. The Hall–Kier alpha value is -4.11. The van der Waals surface area contributed by atoms with Crippen LogP contribution in [0.1, 0.15) is 29.0 Å². The zero-order chi connectivity index (χ0) is 22.8. The number of benzene rings is 1. The lowest BCUT2D eigenvalue weighted by atomic mass is 10.0. The lowest BCUT2D eigenvalue weighted by molar-refractivity contribution is -0.384. The maximum absolute atomic E-state index is 11.3. The third-order valence-electron chi connectivity index (χ3n) is 5.70. The van der Waals surface area contributed by atoms with E-state index in [9.17, 15) is 10.1 Å². The Morgan fingerprint density at radius 1 is 1.03 bits per heavy atom. The number of nitrogens with one attached hydrogen (secondary N) is 1. The molecule has 1 aromatic carbocycles. The third-order valence-corrected chi connectivity index (χ3v) is 6.05. The van der Waals surface area contributed by atoms with E-state index >= 15 is 0 Å². The predicted molar refractivity (Wildman–Crippen MR) is 128 cm³/mol. The minimum atomic E-state index is -0.384. The van der Waals surface area contributed by atoms with Crippen molar-refractivity contribution in [1.29, 1.82) is 0 Å². The molecule has 0 saturated carbocycles. The molecule has 4 heterocycles. The molecule has 5 rings (SSSR count). The molecule has 8 nitrogen and oxygen atoms in total. The maximum Gasteiger partial charge on any atom is 0.271 e. The van der Waals surface area contributed by atoms with Crippen molar-refractivity contribution in [3.05, 3.63) is 119 Å². The fourth-order valence-electron chi connectivity index (χ4n) is 4.21. The molecule has 1 saturated heterocycles. The standard InChI is InChI=1S/C24H20N6O2S/c31-30(32)19-6-3-5-18(15-19)28-14-4-8-21(28)23-22(20-7-1-2-11-26-20)27-24(33)29(23)16-17-9-12-25-13-10-17/h1-15,22-23H,16H2,(H,27,33)/t22-,23+/m0/s1. The van der Waals surface area contributed by atoms with E-state index in [0.717, 1.165) is 17.0 Å². The first-order chi connectivity index (χ1) is 16.1. The predicted octanol–water partition coefficient (Wildman–Crippen LogP) is 4.35. The first kappa shape index (κ1) is 20.8. The van der Waals surface area contributed by atoms with Gasteiger partial charge in [-0.25, -0.2) is 0 Å². The number of pyridine rings is 2. The van der Waals surface area contributed by atoms with Gasteiger partial charge >= 0.3 is 0 Å². The maximum atomic E-state index is 11.3. The third kappa shape index (κ3) is 4.06. The van der Waals surface area contributed by atoms with Gasteiger partial charge in [0.15, 0.2) is 5.11 Å². The summed E-state index contributed by atoms with van der Waals surface area (Å²) in [6.45, 7) is 0.586. The molecule has 0 amide bonds. The summed E-state index contributed by atoms with van der Waals surface area (Å²) in [5, 5.41) is 15.4. The highest BCUT2D eigenvalue weighted by molar-refractivity contribution is 7.80. The quantitative estimate of drug-likeness (QED) is 0.262. The van der Waals surface area contributed by atoms with Crippen molar-refractivity contribution in [2.75, 3.05) is 0 Å². The Kier molecular flexibility index (Phi) is 5.54. The molecule has 164 valence electrons. The Labute approximate surface area is 195 Å². The highest BCUT2D eigenvalue weighted by atomic mass is 32.1. The van der Waals surface area contributed by atoms with Gasteiger partial charge in [0, 0.05) is 49.2 Å². The number of aromatic nitrogens is 3. The van der Waals surface area contributed by atoms with Gasteiger partial charge in [-0.05, 0) is 60.2 Å². The second-order valence-electron chi connectivity index (χ2n) is 7.69. The topological polar surface area (TPSA) is 89.1 Å². The molecule has 3 aromatic heterocycles. The van der Waals surface area contributed by atoms with Gasteiger partial charge in [-0.15, -0.1) is 0 Å². The van der Waals surface area contributed by atoms with Crippen LogP contribution in [0.2, 0.25) is 0 Å². The summed E-state index contributed by atoms with van der Waals surface area (Å²) >= 11 is 5.76. The van der Waals surface area contributed by atoms with Crippen molar-refractivity contribution in [3.8, 4) is 5.69 Å². The summed E-state index contributed by atoms with van der Waals surface area (Å²) in [5.74, 6) is 0. The molecule has 1 aliphatic heterocycles. The molecule has 0 bridgehead atoms. The Balaban J connectivity index is 1.61. The van der Waals surface area contributed by atoms with Crippen molar-refractivity contribution in [3.63, 3.8) is 0 Å². The lowest BCUT2D eigenvalue weighted by Crippen LogP contribution is -2.30. The zero-order valence-corrected chi connectivity index (χ0v) is 18.3. The van der Waals surface area contributed by atoms with E-state index in [2.05, 4.69) is 20.2 Å². The minimum Gasteiger partial charge on any atom is -0.352 e. The van der Waals surface area contributed by atoms with E-state index in [1.54, 1.807) is 30.7 Å². The largest absolute Gasteiger partial charge is 0.352 e. The number of non-ortho nitro benzene ring substituents is 1. The van der Waals surface area contributed by atoms with Crippen LogP contribution in [0, 0.1) is 10.1 Å². The van der Waals surface area contributed by atoms with E-state index in [1.165, 1.54) is 6.07 Å². The van der Waals surface area contributed by atoms with E-state index < -0.39 is 0 Å². The molecule has 1 N–H and O–H groups in total. The molecule has 0 unspecified atom stereocenters. The van der Waals surface area contributed by atoms with Gasteiger partial charge in [0.2, 0.25) is 0 Å². The van der Waals surface area contributed by atoms with Crippen LogP contribution < -0.4 is 5.32 Å². The van der Waals surface area contributed by atoms with Crippen molar-refractivity contribution in [2.24, 2.45) is 0 Å². The Bertz CT molecular complexity index is 1290. The van der Waals surface area contributed by atoms with Crippen LogP contribution in [-0.4, -0.2) is 29.5 Å². The zero-order valence-electron chi connectivity index (χ0n) is 17.5. The van der Waals surface area contributed by atoms with E-state index in [1.807, 2.05) is 59.3 Å². The van der Waals surface area contributed by atoms with Crippen LogP contribution in [-0.2, 0) is 6.54 Å². The van der Waals surface area contributed by atoms with E-state index in [4.69, 9.17) is 12.2 Å². The molecule has 33 heavy (non-hydrogen) atoms. The summed E-state index contributed by atoms with van der Waals surface area (Å²) in [7, 11) is 0. The van der Waals surface area contributed by atoms with Crippen molar-refractivity contribution >= 4 is 23.0 Å². The monoisotopic (exact) mass is 456 g/mol. The molecule has 0 spiro atoms. The fourth-order valence-corrected chi connectivity index (χ4v) is 4.51. The molecule has 4 aromatic rings. The van der Waals surface area contributed by atoms with Crippen LogP contribution in [0.5, 0.6) is 0 Å². The van der Waals surface area contributed by atoms with Gasteiger partial charge in [0.05, 0.1) is 28.4 Å². The van der Waals surface area contributed by atoms with E-state index in [0.29, 0.717) is 17.3 Å². The van der Waals surface area contributed by atoms with Gasteiger partial charge < -0.3 is 14.8 Å². The fraction of sp³-hybridized carbons (Fsp3) is 0.125. The van der Waals surface area contributed by atoms with Gasteiger partial charge in [-0.1, -0.05) is 12.1 Å². The number of hydrogen-bond donors (Lipinski definition) is 1. The van der Waals surface area contributed by atoms with Gasteiger partial charge in [0.1, 0.15) is 0 Å². The number of nitro groups is 1. The van der Waals surface area contributed by atoms with Crippen molar-refractivity contribution in [2.45, 2.75) is 18.6 Å². The van der Waals surface area contributed by atoms with Crippen LogP contribution in [0.15, 0.2) is 91.5 Å². The van der Waals surface area contributed by atoms with Gasteiger partial charge in [0.25, 0.3) is 5.69 Å². The minimum absolute atomic E-state index is 0.0436. The highest BCUT2D eigenvalue weighted by Gasteiger charge is 2.41.